The third-order valence-electron chi connectivity index (χ3n) is 4.09. The lowest BCUT2D eigenvalue weighted by Gasteiger charge is -2.08. The molecular formula is C18H13F3N6OS. The van der Waals surface area contributed by atoms with E-state index >= 15 is 0 Å². The predicted molar refractivity (Wildman–Crippen MR) is 99.2 cm³/mol. The van der Waals surface area contributed by atoms with Crippen molar-refractivity contribution in [3.63, 3.8) is 0 Å². The number of aryl methyl sites for hydroxylation is 1. The number of rotatable bonds is 4. The van der Waals surface area contributed by atoms with Crippen LogP contribution in [-0.4, -0.2) is 30.5 Å². The molecule has 0 radical (unpaired) electrons. The topological polar surface area (TPSA) is 85.1 Å². The molecule has 11 heteroatoms. The van der Waals surface area contributed by atoms with Crippen molar-refractivity contribution in [3.8, 4) is 10.7 Å². The molecule has 7 nitrogen and oxygen atoms in total. The number of nitrogens with one attached hydrogen (secondary N) is 1. The largest absolute Gasteiger partial charge is 0.417 e. The van der Waals surface area contributed by atoms with E-state index in [-0.39, 0.29) is 18.0 Å². The zero-order valence-electron chi connectivity index (χ0n) is 14.9. The molecule has 1 amide bonds. The van der Waals surface area contributed by atoms with Crippen LogP contribution in [0.4, 0.5) is 13.2 Å². The lowest BCUT2D eigenvalue weighted by atomic mass is 10.3. The third-order valence-corrected chi connectivity index (χ3v) is 5.27. The van der Waals surface area contributed by atoms with Crippen LogP contribution in [0.1, 0.15) is 26.8 Å². The highest BCUT2D eigenvalue weighted by atomic mass is 32.1. The molecule has 4 rings (SSSR count). The summed E-state index contributed by atoms with van der Waals surface area (Å²) in [6.07, 6.45) is -1.94. The van der Waals surface area contributed by atoms with Crippen molar-refractivity contribution in [3.05, 3.63) is 64.7 Å². The van der Waals surface area contributed by atoms with Gasteiger partial charge in [-0.25, -0.2) is 4.98 Å². The minimum Gasteiger partial charge on any atom is -0.344 e. The summed E-state index contributed by atoms with van der Waals surface area (Å²) in [6.45, 7) is 1.62. The number of amides is 1. The summed E-state index contributed by atoms with van der Waals surface area (Å²) in [4.78, 5) is 21.6. The summed E-state index contributed by atoms with van der Waals surface area (Å²) in [5, 5.41) is 11.0. The van der Waals surface area contributed by atoms with Gasteiger partial charge in [0.05, 0.1) is 23.5 Å². The molecule has 0 fully saturated rings. The first kappa shape index (κ1) is 19.0. The van der Waals surface area contributed by atoms with Gasteiger partial charge in [0.1, 0.15) is 9.88 Å². The minimum atomic E-state index is -4.49. The maximum atomic E-state index is 12.9. The van der Waals surface area contributed by atoms with Gasteiger partial charge in [-0.1, -0.05) is 6.07 Å². The molecule has 4 aromatic rings. The number of carbonyl (C=O) groups excluding carboxylic acids is 1. The number of fused-ring (bicyclic) bond motifs is 1. The molecule has 4 aromatic heterocycles. The summed E-state index contributed by atoms with van der Waals surface area (Å²) in [5.74, 6) is -0.211. The van der Waals surface area contributed by atoms with Crippen LogP contribution < -0.4 is 5.32 Å². The van der Waals surface area contributed by atoms with E-state index in [9.17, 15) is 18.0 Å². The van der Waals surface area contributed by atoms with E-state index in [1.165, 1.54) is 21.8 Å². The van der Waals surface area contributed by atoms with Gasteiger partial charge in [0, 0.05) is 12.4 Å². The molecule has 1 N–H and O–H groups in total. The molecule has 148 valence electrons. The fourth-order valence-electron chi connectivity index (χ4n) is 2.67. The summed E-state index contributed by atoms with van der Waals surface area (Å²) in [7, 11) is 0. The monoisotopic (exact) mass is 418 g/mol. The second-order valence-corrected chi connectivity index (χ2v) is 7.09. The molecule has 0 bridgehead atoms. The van der Waals surface area contributed by atoms with Crippen LogP contribution in [0.2, 0.25) is 0 Å². The molecule has 0 aliphatic heterocycles. The van der Waals surface area contributed by atoms with E-state index in [1.807, 2.05) is 6.07 Å². The fourth-order valence-corrected chi connectivity index (χ4v) is 3.63. The van der Waals surface area contributed by atoms with Gasteiger partial charge < -0.3 is 5.32 Å². The molecule has 0 spiro atoms. The molecule has 0 atom stereocenters. The van der Waals surface area contributed by atoms with E-state index in [2.05, 4.69) is 25.5 Å². The fraction of sp³-hybridized carbons (Fsp3) is 0.167. The van der Waals surface area contributed by atoms with Crippen LogP contribution in [0.3, 0.4) is 0 Å². The Morgan fingerprint density at radius 2 is 2.03 bits per heavy atom. The first-order valence-corrected chi connectivity index (χ1v) is 9.22. The summed E-state index contributed by atoms with van der Waals surface area (Å²) in [5.41, 5.74) is 0.630. The molecule has 0 saturated carbocycles. The Balaban J connectivity index is 1.54. The number of hydrogen-bond acceptors (Lipinski definition) is 6. The molecule has 29 heavy (non-hydrogen) atoms. The molecule has 0 aliphatic rings. The van der Waals surface area contributed by atoms with Crippen molar-refractivity contribution in [1.82, 2.24) is 29.9 Å². The van der Waals surface area contributed by atoms with Crippen LogP contribution in [0.5, 0.6) is 0 Å². The van der Waals surface area contributed by atoms with Crippen molar-refractivity contribution in [2.45, 2.75) is 19.6 Å². The van der Waals surface area contributed by atoms with E-state index in [0.29, 0.717) is 21.3 Å². The first-order valence-electron chi connectivity index (χ1n) is 8.41. The van der Waals surface area contributed by atoms with Crippen molar-refractivity contribution in [2.24, 2.45) is 0 Å². The normalized spacial score (nSPS) is 11.7. The number of pyridine rings is 2. The Morgan fingerprint density at radius 3 is 2.76 bits per heavy atom. The molecule has 0 aromatic carbocycles. The maximum Gasteiger partial charge on any atom is 0.417 e. The standard InChI is InChI=1S/C18H13F3N6OS/c1-10-15(29-17(24-10)12-4-2-3-7-22-12)16(28)23-8-14-26-25-13-6-5-11(9-27(13)14)18(19,20)21/h2-7,9H,8H2,1H3,(H,23,28). The third kappa shape index (κ3) is 3.81. The number of nitrogens with zero attached hydrogens (tertiary/aromatic N) is 5. The van der Waals surface area contributed by atoms with Crippen LogP contribution in [0, 0.1) is 6.92 Å². The quantitative estimate of drug-likeness (QED) is 0.548. The van der Waals surface area contributed by atoms with Crippen molar-refractivity contribution in [2.75, 3.05) is 0 Å². The molecular weight excluding hydrogens is 405 g/mol. The lowest BCUT2D eigenvalue weighted by molar-refractivity contribution is -0.137. The van der Waals surface area contributed by atoms with Gasteiger partial charge in [-0.3, -0.25) is 14.2 Å². The Bertz CT molecular complexity index is 1190. The van der Waals surface area contributed by atoms with E-state index in [1.54, 1.807) is 25.3 Å². The minimum absolute atomic E-state index is 0.0857. The van der Waals surface area contributed by atoms with Crippen LogP contribution in [-0.2, 0) is 12.7 Å². The number of aromatic nitrogens is 5. The number of hydrogen-bond donors (Lipinski definition) is 1. The van der Waals surface area contributed by atoms with E-state index < -0.39 is 17.6 Å². The summed E-state index contributed by atoms with van der Waals surface area (Å²) in [6, 6.07) is 7.56. The molecule has 4 heterocycles. The highest BCUT2D eigenvalue weighted by Gasteiger charge is 2.31. The number of halogens is 3. The Morgan fingerprint density at radius 1 is 1.21 bits per heavy atom. The van der Waals surface area contributed by atoms with Gasteiger partial charge in [0.2, 0.25) is 0 Å². The van der Waals surface area contributed by atoms with Crippen LogP contribution >= 0.6 is 11.3 Å². The van der Waals surface area contributed by atoms with Gasteiger partial charge in [-0.2, -0.15) is 13.2 Å². The highest BCUT2D eigenvalue weighted by molar-refractivity contribution is 7.17. The lowest BCUT2D eigenvalue weighted by Crippen LogP contribution is -2.24. The Hall–Kier alpha value is -3.34. The average Bonchev–Trinajstić information content (AvgIpc) is 3.29. The van der Waals surface area contributed by atoms with E-state index in [4.69, 9.17) is 0 Å². The maximum absolute atomic E-state index is 12.9. The van der Waals surface area contributed by atoms with Crippen molar-refractivity contribution < 1.29 is 18.0 Å². The van der Waals surface area contributed by atoms with Gasteiger partial charge in [0.15, 0.2) is 11.5 Å². The smallest absolute Gasteiger partial charge is 0.344 e. The second-order valence-electron chi connectivity index (χ2n) is 6.09. The average molecular weight is 418 g/mol. The predicted octanol–water partition coefficient (Wildman–Crippen LogP) is 3.51. The van der Waals surface area contributed by atoms with Gasteiger partial charge in [-0.15, -0.1) is 21.5 Å². The van der Waals surface area contributed by atoms with Gasteiger partial charge in [0.25, 0.3) is 5.91 Å². The molecule has 0 aliphatic carbocycles. The zero-order chi connectivity index (χ0) is 20.6. The van der Waals surface area contributed by atoms with Crippen molar-refractivity contribution in [1.29, 1.82) is 0 Å². The number of alkyl halides is 3. The molecule has 0 saturated heterocycles. The van der Waals surface area contributed by atoms with Crippen LogP contribution in [0.25, 0.3) is 16.3 Å². The Kier molecular flexibility index (Phi) is 4.74. The van der Waals surface area contributed by atoms with Gasteiger partial charge in [-0.05, 0) is 31.2 Å². The second kappa shape index (κ2) is 7.24. The van der Waals surface area contributed by atoms with Crippen LogP contribution in [0.15, 0.2) is 42.7 Å². The SMILES string of the molecule is Cc1nc(-c2ccccn2)sc1C(=O)NCc1nnc2ccc(C(F)(F)F)cn12. The Labute approximate surface area is 166 Å². The zero-order valence-corrected chi connectivity index (χ0v) is 15.8. The van der Waals surface area contributed by atoms with Gasteiger partial charge >= 0.3 is 6.18 Å². The summed E-state index contributed by atoms with van der Waals surface area (Å²) >= 11 is 1.19. The highest BCUT2D eigenvalue weighted by Crippen LogP contribution is 2.29. The summed E-state index contributed by atoms with van der Waals surface area (Å²) < 4.78 is 40.0. The van der Waals surface area contributed by atoms with Crippen molar-refractivity contribution >= 4 is 22.9 Å². The number of carbonyl (C=O) groups is 1. The number of thiazole rings is 1. The van der Waals surface area contributed by atoms with E-state index in [0.717, 1.165) is 12.3 Å². The first-order chi connectivity index (χ1) is 13.8. The molecule has 0 unspecified atom stereocenters.